The molecule has 1 aliphatic rings. The van der Waals surface area contributed by atoms with Gasteiger partial charge in [-0.3, -0.25) is 0 Å². The van der Waals surface area contributed by atoms with Crippen LogP contribution in [0.1, 0.15) is 58.1 Å². The van der Waals surface area contributed by atoms with E-state index < -0.39 is 0 Å². The van der Waals surface area contributed by atoms with Crippen molar-refractivity contribution in [3.05, 3.63) is 29.8 Å². The van der Waals surface area contributed by atoms with E-state index in [4.69, 9.17) is 4.74 Å². The summed E-state index contributed by atoms with van der Waals surface area (Å²) in [6.07, 6.45) is 5.40. The van der Waals surface area contributed by atoms with Gasteiger partial charge >= 0.3 is 0 Å². The van der Waals surface area contributed by atoms with E-state index >= 15 is 0 Å². The third-order valence-electron chi connectivity index (χ3n) is 4.30. The average Bonchev–Trinajstić information content (AvgIpc) is 2.87. The Labute approximate surface area is 117 Å². The van der Waals surface area contributed by atoms with E-state index in [-0.39, 0.29) is 0 Å². The molecule has 1 saturated carbocycles. The van der Waals surface area contributed by atoms with Gasteiger partial charge in [0, 0.05) is 12.1 Å². The molecule has 0 saturated heterocycles. The van der Waals surface area contributed by atoms with Gasteiger partial charge in [-0.25, -0.2) is 0 Å². The van der Waals surface area contributed by atoms with E-state index in [1.807, 2.05) is 6.92 Å². The third-order valence-corrected chi connectivity index (χ3v) is 4.30. The van der Waals surface area contributed by atoms with E-state index in [1.54, 1.807) is 0 Å². The molecule has 1 aromatic carbocycles. The molecule has 2 rings (SSSR count). The fourth-order valence-corrected chi connectivity index (χ4v) is 3.07. The average molecular weight is 261 g/mol. The fraction of sp³-hybridized carbons (Fsp3) is 0.647. The molecule has 3 atom stereocenters. The zero-order valence-corrected chi connectivity index (χ0v) is 12.5. The summed E-state index contributed by atoms with van der Waals surface area (Å²) >= 11 is 0. The fourth-order valence-electron chi connectivity index (χ4n) is 3.07. The number of hydrogen-bond donors (Lipinski definition) is 1. The van der Waals surface area contributed by atoms with Gasteiger partial charge in [0.2, 0.25) is 0 Å². The molecule has 0 aromatic heterocycles. The first-order valence-electron chi connectivity index (χ1n) is 7.71. The largest absolute Gasteiger partial charge is 0.494 e. The number of nitrogens with one attached hydrogen (secondary N) is 1. The minimum Gasteiger partial charge on any atom is -0.494 e. The van der Waals surface area contributed by atoms with Crippen LogP contribution in [-0.4, -0.2) is 12.6 Å². The predicted molar refractivity (Wildman–Crippen MR) is 80.6 cm³/mol. The van der Waals surface area contributed by atoms with Crippen LogP contribution in [0.4, 0.5) is 0 Å². The van der Waals surface area contributed by atoms with Crippen LogP contribution >= 0.6 is 0 Å². The van der Waals surface area contributed by atoms with Crippen LogP contribution in [0.15, 0.2) is 24.3 Å². The van der Waals surface area contributed by atoms with Crippen molar-refractivity contribution in [2.45, 2.75) is 58.5 Å². The van der Waals surface area contributed by atoms with Crippen LogP contribution in [0.5, 0.6) is 5.75 Å². The molecule has 19 heavy (non-hydrogen) atoms. The molecule has 0 amide bonds. The molecule has 3 unspecified atom stereocenters. The second kappa shape index (κ2) is 6.95. The van der Waals surface area contributed by atoms with Crippen LogP contribution in [-0.2, 0) is 0 Å². The van der Waals surface area contributed by atoms with Crippen molar-refractivity contribution < 1.29 is 4.74 Å². The summed E-state index contributed by atoms with van der Waals surface area (Å²) in [5, 5.41) is 3.77. The van der Waals surface area contributed by atoms with Crippen molar-refractivity contribution >= 4 is 0 Å². The smallest absolute Gasteiger partial charge is 0.119 e. The molecular formula is C17H27NO. The summed E-state index contributed by atoms with van der Waals surface area (Å²) in [6.45, 7) is 7.31. The number of benzene rings is 1. The van der Waals surface area contributed by atoms with Crippen LogP contribution in [0.3, 0.4) is 0 Å². The first kappa shape index (κ1) is 14.4. The Morgan fingerprint density at radius 1 is 1.21 bits per heavy atom. The Bertz CT molecular complexity index is 373. The zero-order valence-electron chi connectivity index (χ0n) is 12.5. The van der Waals surface area contributed by atoms with Gasteiger partial charge in [-0.1, -0.05) is 25.5 Å². The van der Waals surface area contributed by atoms with Gasteiger partial charge in [0.15, 0.2) is 0 Å². The highest BCUT2D eigenvalue weighted by Crippen LogP contribution is 2.29. The second-order valence-electron chi connectivity index (χ2n) is 5.67. The quantitative estimate of drug-likeness (QED) is 0.823. The minimum absolute atomic E-state index is 0.427. The van der Waals surface area contributed by atoms with E-state index in [0.29, 0.717) is 12.1 Å². The molecule has 0 heterocycles. The highest BCUT2D eigenvalue weighted by atomic mass is 16.5. The molecule has 0 bridgehead atoms. The molecular weight excluding hydrogens is 234 g/mol. The molecule has 0 radical (unpaired) electrons. The molecule has 106 valence electrons. The molecule has 0 aliphatic heterocycles. The summed E-state index contributed by atoms with van der Waals surface area (Å²) in [5.74, 6) is 1.90. The van der Waals surface area contributed by atoms with Gasteiger partial charge in [-0.2, -0.15) is 0 Å². The van der Waals surface area contributed by atoms with Crippen molar-refractivity contribution in [3.8, 4) is 5.75 Å². The van der Waals surface area contributed by atoms with Gasteiger partial charge in [0.1, 0.15) is 5.75 Å². The lowest BCUT2D eigenvalue weighted by Crippen LogP contribution is -2.29. The third kappa shape index (κ3) is 3.97. The van der Waals surface area contributed by atoms with Gasteiger partial charge in [-0.05, 0) is 56.7 Å². The Hall–Kier alpha value is -1.02. The summed E-state index contributed by atoms with van der Waals surface area (Å²) in [5.41, 5.74) is 1.35. The first-order valence-corrected chi connectivity index (χ1v) is 7.71. The summed E-state index contributed by atoms with van der Waals surface area (Å²) in [4.78, 5) is 0. The van der Waals surface area contributed by atoms with Crippen LogP contribution in [0, 0.1) is 5.92 Å². The second-order valence-corrected chi connectivity index (χ2v) is 5.67. The lowest BCUT2D eigenvalue weighted by atomic mass is 10.0. The van der Waals surface area contributed by atoms with Crippen molar-refractivity contribution in [2.24, 2.45) is 5.92 Å². The number of ether oxygens (including phenoxy) is 1. The molecule has 1 fully saturated rings. The van der Waals surface area contributed by atoms with Gasteiger partial charge in [0.05, 0.1) is 6.61 Å². The van der Waals surface area contributed by atoms with Gasteiger partial charge in [0.25, 0.3) is 0 Å². The highest BCUT2D eigenvalue weighted by molar-refractivity contribution is 5.29. The molecule has 2 nitrogen and oxygen atoms in total. The first-order chi connectivity index (χ1) is 9.22. The van der Waals surface area contributed by atoms with E-state index in [2.05, 4.69) is 43.4 Å². The maximum Gasteiger partial charge on any atom is 0.119 e. The van der Waals surface area contributed by atoms with Crippen molar-refractivity contribution in [1.82, 2.24) is 5.32 Å². The normalized spacial score (nSPS) is 24.4. The Morgan fingerprint density at radius 3 is 2.53 bits per heavy atom. The Kier molecular flexibility index (Phi) is 5.26. The predicted octanol–water partition coefficient (Wildman–Crippen LogP) is 4.31. The van der Waals surface area contributed by atoms with Crippen LogP contribution < -0.4 is 10.1 Å². The van der Waals surface area contributed by atoms with E-state index in [1.165, 1.54) is 31.2 Å². The van der Waals surface area contributed by atoms with E-state index in [9.17, 15) is 0 Å². The van der Waals surface area contributed by atoms with Crippen molar-refractivity contribution in [2.75, 3.05) is 6.61 Å². The Morgan fingerprint density at radius 2 is 1.95 bits per heavy atom. The molecule has 1 aliphatic carbocycles. The van der Waals surface area contributed by atoms with Crippen LogP contribution in [0.2, 0.25) is 0 Å². The standard InChI is InChI=1S/C17H27NO/c1-4-14-6-9-16(12-14)18-13(3)15-7-10-17(11-8-15)19-5-2/h7-8,10-11,13-14,16,18H,4-6,9,12H2,1-3H3. The maximum atomic E-state index is 5.48. The minimum atomic E-state index is 0.427. The molecule has 0 spiro atoms. The van der Waals surface area contributed by atoms with Gasteiger partial charge in [-0.15, -0.1) is 0 Å². The topological polar surface area (TPSA) is 21.3 Å². The van der Waals surface area contributed by atoms with E-state index in [0.717, 1.165) is 18.3 Å². The van der Waals surface area contributed by atoms with Gasteiger partial charge < -0.3 is 10.1 Å². The molecule has 2 heteroatoms. The highest BCUT2D eigenvalue weighted by Gasteiger charge is 2.24. The van der Waals surface area contributed by atoms with Crippen molar-refractivity contribution in [1.29, 1.82) is 0 Å². The lowest BCUT2D eigenvalue weighted by Gasteiger charge is -2.20. The summed E-state index contributed by atoms with van der Waals surface area (Å²) < 4.78 is 5.48. The monoisotopic (exact) mass is 261 g/mol. The van der Waals surface area contributed by atoms with Crippen LogP contribution in [0.25, 0.3) is 0 Å². The lowest BCUT2D eigenvalue weighted by molar-refractivity contribution is 0.340. The molecule has 1 aromatic rings. The summed E-state index contributed by atoms with van der Waals surface area (Å²) in [7, 11) is 0. The number of rotatable bonds is 6. The number of hydrogen-bond acceptors (Lipinski definition) is 2. The van der Waals surface area contributed by atoms with Crippen molar-refractivity contribution in [3.63, 3.8) is 0 Å². The zero-order chi connectivity index (χ0) is 13.7. The Balaban J connectivity index is 1.87. The SMILES string of the molecule is CCOc1ccc(C(C)NC2CCC(CC)C2)cc1. The maximum absolute atomic E-state index is 5.48. The summed E-state index contributed by atoms with van der Waals surface area (Å²) in [6, 6.07) is 9.62. The molecule has 1 N–H and O–H groups in total.